The number of rotatable bonds is 6. The zero-order chi connectivity index (χ0) is 22.7. The van der Waals surface area contributed by atoms with Crippen LogP contribution in [0.15, 0.2) is 47.6 Å². The average molecular weight is 437 g/mol. The molecule has 7 nitrogen and oxygen atoms in total. The molecule has 0 radical (unpaired) electrons. The maximum absolute atomic E-state index is 13.4. The molecule has 2 heterocycles. The van der Waals surface area contributed by atoms with Gasteiger partial charge in [0, 0.05) is 44.2 Å². The monoisotopic (exact) mass is 436 g/mol. The van der Waals surface area contributed by atoms with Crippen LogP contribution in [-0.2, 0) is 4.79 Å². The number of carbonyl (C=O) groups excluding carboxylic acids is 1. The summed E-state index contributed by atoms with van der Waals surface area (Å²) >= 11 is 0. The average Bonchev–Trinajstić information content (AvgIpc) is 3.25. The Bertz CT molecular complexity index is 998. The van der Waals surface area contributed by atoms with E-state index in [1.165, 1.54) is 0 Å². The van der Waals surface area contributed by atoms with E-state index in [-0.39, 0.29) is 11.9 Å². The van der Waals surface area contributed by atoms with Crippen molar-refractivity contribution in [2.75, 3.05) is 54.0 Å². The van der Waals surface area contributed by atoms with Gasteiger partial charge in [0.1, 0.15) is 11.5 Å². The van der Waals surface area contributed by atoms with Gasteiger partial charge < -0.3 is 14.4 Å². The molecular formula is C25H32N4O3. The lowest BCUT2D eigenvalue weighted by molar-refractivity contribution is -0.134. The smallest absolute Gasteiger partial charge is 0.257 e. The van der Waals surface area contributed by atoms with Gasteiger partial charge in [0.15, 0.2) is 0 Å². The Kier molecular flexibility index (Phi) is 6.77. The van der Waals surface area contributed by atoms with Crippen LogP contribution in [0.4, 0.5) is 0 Å². The fourth-order valence-electron chi connectivity index (χ4n) is 4.41. The molecule has 0 N–H and O–H groups in total. The Hall–Kier alpha value is -2.90. The number of carbonyl (C=O) groups is 1. The Labute approximate surface area is 190 Å². The Morgan fingerprint density at radius 3 is 2.50 bits per heavy atom. The van der Waals surface area contributed by atoms with Crippen molar-refractivity contribution in [1.29, 1.82) is 0 Å². The van der Waals surface area contributed by atoms with Crippen molar-refractivity contribution < 1.29 is 14.3 Å². The largest absolute Gasteiger partial charge is 0.497 e. The molecule has 2 aliphatic heterocycles. The number of ether oxygens (including phenoxy) is 2. The summed E-state index contributed by atoms with van der Waals surface area (Å²) < 4.78 is 11.0. The maximum Gasteiger partial charge on any atom is 0.257 e. The first-order chi connectivity index (χ1) is 15.5. The minimum atomic E-state index is -0.127. The highest BCUT2D eigenvalue weighted by Gasteiger charge is 2.35. The molecule has 7 heteroatoms. The molecule has 0 aromatic heterocycles. The zero-order valence-electron chi connectivity index (χ0n) is 19.4. The molecule has 2 aliphatic rings. The van der Waals surface area contributed by atoms with Crippen molar-refractivity contribution in [3.63, 3.8) is 0 Å². The van der Waals surface area contributed by atoms with Crippen LogP contribution in [0.1, 0.15) is 29.2 Å². The van der Waals surface area contributed by atoms with Crippen molar-refractivity contribution in [2.45, 2.75) is 19.4 Å². The third kappa shape index (κ3) is 4.64. The molecule has 4 rings (SSSR count). The topological polar surface area (TPSA) is 57.6 Å². The van der Waals surface area contributed by atoms with Crippen molar-refractivity contribution in [3.8, 4) is 11.5 Å². The van der Waals surface area contributed by atoms with Crippen LogP contribution in [0, 0.1) is 6.92 Å². The van der Waals surface area contributed by atoms with E-state index in [0.717, 1.165) is 54.3 Å². The van der Waals surface area contributed by atoms with Gasteiger partial charge in [-0.25, -0.2) is 5.01 Å². The quantitative estimate of drug-likeness (QED) is 0.697. The number of amides is 1. The lowest BCUT2D eigenvalue weighted by Crippen LogP contribution is -2.48. The van der Waals surface area contributed by atoms with E-state index in [9.17, 15) is 4.79 Å². The molecule has 2 aromatic carbocycles. The summed E-state index contributed by atoms with van der Waals surface area (Å²) in [7, 11) is 5.39. The van der Waals surface area contributed by atoms with Crippen molar-refractivity contribution in [2.24, 2.45) is 5.10 Å². The summed E-state index contributed by atoms with van der Waals surface area (Å²) in [5.41, 5.74) is 4.03. The third-order valence-electron chi connectivity index (χ3n) is 6.39. The Morgan fingerprint density at radius 1 is 1.06 bits per heavy atom. The molecule has 1 amide bonds. The highest BCUT2D eigenvalue weighted by atomic mass is 16.5. The molecule has 0 saturated carbocycles. The molecule has 170 valence electrons. The molecule has 2 aromatic rings. The van der Waals surface area contributed by atoms with Crippen molar-refractivity contribution in [3.05, 3.63) is 59.2 Å². The van der Waals surface area contributed by atoms with Gasteiger partial charge in [0.2, 0.25) is 0 Å². The van der Waals surface area contributed by atoms with Crippen LogP contribution in [-0.4, -0.2) is 80.4 Å². The fourth-order valence-corrected chi connectivity index (χ4v) is 4.41. The van der Waals surface area contributed by atoms with Crippen LogP contribution in [0.2, 0.25) is 0 Å². The first-order valence-electron chi connectivity index (χ1n) is 11.1. The molecule has 1 atom stereocenters. The molecule has 32 heavy (non-hydrogen) atoms. The van der Waals surface area contributed by atoms with E-state index in [2.05, 4.69) is 35.9 Å². The minimum Gasteiger partial charge on any atom is -0.497 e. The van der Waals surface area contributed by atoms with Gasteiger partial charge in [0.05, 0.1) is 32.5 Å². The predicted molar refractivity (Wildman–Crippen MR) is 125 cm³/mol. The van der Waals surface area contributed by atoms with Gasteiger partial charge in [-0.2, -0.15) is 5.10 Å². The number of nitrogens with zero attached hydrogens (tertiary/aromatic N) is 4. The van der Waals surface area contributed by atoms with Crippen molar-refractivity contribution in [1.82, 2.24) is 14.8 Å². The van der Waals surface area contributed by atoms with Crippen LogP contribution in [0.5, 0.6) is 11.5 Å². The van der Waals surface area contributed by atoms with E-state index in [1.807, 2.05) is 30.3 Å². The molecule has 1 saturated heterocycles. The number of hydrazone groups is 1. The number of hydrogen-bond acceptors (Lipinski definition) is 6. The number of piperazine rings is 1. The number of benzene rings is 2. The summed E-state index contributed by atoms with van der Waals surface area (Å²) in [6.45, 7) is 6.22. The van der Waals surface area contributed by atoms with Crippen LogP contribution < -0.4 is 9.47 Å². The standard InChI is InChI=1S/C25H32N4O3/c1-18-7-5-6-8-20(18)23-16-22(21-10-9-19(31-3)15-24(21)32-4)26-29(23)25(30)17-28-13-11-27(2)12-14-28/h5-10,15,23H,11-14,16-17H2,1-4H3/t23-/m0/s1. The highest BCUT2D eigenvalue weighted by Crippen LogP contribution is 2.37. The molecule has 1 fully saturated rings. The number of methoxy groups -OCH3 is 2. The van der Waals surface area contributed by atoms with Crippen LogP contribution >= 0.6 is 0 Å². The second-order valence-corrected chi connectivity index (χ2v) is 8.51. The Balaban J connectivity index is 1.64. The Morgan fingerprint density at radius 2 is 1.81 bits per heavy atom. The number of hydrogen-bond donors (Lipinski definition) is 0. The van der Waals surface area contributed by atoms with Crippen LogP contribution in [0.25, 0.3) is 0 Å². The number of aryl methyl sites for hydroxylation is 1. The van der Waals surface area contributed by atoms with Gasteiger partial charge in [-0.1, -0.05) is 24.3 Å². The fraction of sp³-hybridized carbons (Fsp3) is 0.440. The lowest BCUT2D eigenvalue weighted by Gasteiger charge is -2.33. The third-order valence-corrected chi connectivity index (χ3v) is 6.39. The zero-order valence-corrected chi connectivity index (χ0v) is 19.4. The minimum absolute atomic E-state index is 0.0327. The van der Waals surface area contributed by atoms with Gasteiger partial charge in [-0.3, -0.25) is 9.69 Å². The van der Waals surface area contributed by atoms with E-state index in [1.54, 1.807) is 19.2 Å². The van der Waals surface area contributed by atoms with Gasteiger partial charge in [0.25, 0.3) is 5.91 Å². The first-order valence-corrected chi connectivity index (χ1v) is 11.1. The molecular weight excluding hydrogens is 404 g/mol. The predicted octanol–water partition coefficient (Wildman–Crippen LogP) is 2.94. The maximum atomic E-state index is 13.4. The summed E-state index contributed by atoms with van der Waals surface area (Å²) in [4.78, 5) is 17.9. The van der Waals surface area contributed by atoms with Crippen LogP contribution in [0.3, 0.4) is 0 Å². The van der Waals surface area contributed by atoms with Gasteiger partial charge in [-0.15, -0.1) is 0 Å². The summed E-state index contributed by atoms with van der Waals surface area (Å²) in [5, 5.41) is 6.54. The van der Waals surface area contributed by atoms with Gasteiger partial charge in [-0.05, 0) is 37.2 Å². The lowest BCUT2D eigenvalue weighted by atomic mass is 9.95. The van der Waals surface area contributed by atoms with E-state index < -0.39 is 0 Å². The second-order valence-electron chi connectivity index (χ2n) is 8.51. The molecule has 0 spiro atoms. The van der Waals surface area contributed by atoms with E-state index in [0.29, 0.717) is 18.7 Å². The highest BCUT2D eigenvalue weighted by molar-refractivity contribution is 6.05. The summed E-state index contributed by atoms with van der Waals surface area (Å²) in [5.74, 6) is 1.45. The summed E-state index contributed by atoms with van der Waals surface area (Å²) in [6.07, 6.45) is 0.641. The molecule has 0 aliphatic carbocycles. The first kappa shape index (κ1) is 22.3. The van der Waals surface area contributed by atoms with Crippen molar-refractivity contribution >= 4 is 11.6 Å². The van der Waals surface area contributed by atoms with E-state index in [4.69, 9.17) is 14.6 Å². The van der Waals surface area contributed by atoms with Gasteiger partial charge >= 0.3 is 0 Å². The molecule has 0 unspecified atom stereocenters. The summed E-state index contributed by atoms with van der Waals surface area (Å²) in [6, 6.07) is 13.8. The SMILES string of the molecule is COc1ccc(C2=NN(C(=O)CN3CCN(C)CC3)[C@H](c3ccccc3C)C2)c(OC)c1. The number of likely N-dealkylation sites (N-methyl/N-ethyl adjacent to an activating group) is 1. The normalized spacial score (nSPS) is 19.7. The molecule has 0 bridgehead atoms. The van der Waals surface area contributed by atoms with E-state index >= 15 is 0 Å². The second kappa shape index (κ2) is 9.71.